The smallest absolute Gasteiger partial charge is 0.128 e. The summed E-state index contributed by atoms with van der Waals surface area (Å²) >= 11 is 3.41. The van der Waals surface area contributed by atoms with Crippen LogP contribution in [0.15, 0.2) is 22.8 Å². The molecule has 0 radical (unpaired) electrons. The molecule has 2 aliphatic rings. The van der Waals surface area contributed by atoms with Crippen molar-refractivity contribution < 1.29 is 9.84 Å². The molecule has 5 heteroatoms. The van der Waals surface area contributed by atoms with Gasteiger partial charge in [-0.2, -0.15) is 0 Å². The molecule has 3 atom stereocenters. The van der Waals surface area contributed by atoms with Gasteiger partial charge in [-0.1, -0.05) is 0 Å². The number of pyridine rings is 1. The highest BCUT2D eigenvalue weighted by Gasteiger charge is 2.38. The summed E-state index contributed by atoms with van der Waals surface area (Å²) in [6.45, 7) is 2.36. The van der Waals surface area contributed by atoms with Crippen LogP contribution in [0.5, 0.6) is 0 Å². The molecule has 0 saturated carbocycles. The molecular weight excluding hydrogens is 308 g/mol. The molecule has 0 spiro atoms. The lowest BCUT2D eigenvalue weighted by Crippen LogP contribution is -2.46. The predicted octanol–water partition coefficient (Wildman–Crippen LogP) is 2.21. The van der Waals surface area contributed by atoms with Gasteiger partial charge in [-0.25, -0.2) is 4.98 Å². The number of anilines is 1. The fourth-order valence-electron chi connectivity index (χ4n) is 3.18. The molecule has 3 heterocycles. The van der Waals surface area contributed by atoms with E-state index in [0.29, 0.717) is 19.3 Å². The van der Waals surface area contributed by atoms with Gasteiger partial charge in [-0.3, -0.25) is 0 Å². The Balaban J connectivity index is 1.79. The summed E-state index contributed by atoms with van der Waals surface area (Å²) in [6, 6.07) is 4.41. The Morgan fingerprint density at radius 2 is 2.26 bits per heavy atom. The maximum absolute atomic E-state index is 10.2. The minimum absolute atomic E-state index is 0.210. The summed E-state index contributed by atoms with van der Waals surface area (Å²) in [7, 11) is 0. The van der Waals surface area contributed by atoms with Gasteiger partial charge in [-0.15, -0.1) is 0 Å². The average Bonchev–Trinajstić information content (AvgIpc) is 2.89. The molecular formula is C14H19BrN2O2. The second-order valence-corrected chi connectivity index (χ2v) is 6.25. The Bertz CT molecular complexity index is 426. The fourth-order valence-corrected chi connectivity index (χ4v) is 3.41. The molecule has 1 N–H and O–H groups in total. The van der Waals surface area contributed by atoms with Crippen LogP contribution in [-0.4, -0.2) is 42.0 Å². The van der Waals surface area contributed by atoms with Gasteiger partial charge in [0.1, 0.15) is 5.82 Å². The first kappa shape index (κ1) is 13.3. The number of halogens is 1. The quantitative estimate of drug-likeness (QED) is 0.905. The topological polar surface area (TPSA) is 45.6 Å². The Morgan fingerprint density at radius 1 is 1.37 bits per heavy atom. The van der Waals surface area contributed by atoms with Crippen molar-refractivity contribution >= 4 is 21.7 Å². The summed E-state index contributed by atoms with van der Waals surface area (Å²) in [5.41, 5.74) is 0. The first-order valence-electron chi connectivity index (χ1n) is 6.90. The van der Waals surface area contributed by atoms with E-state index in [0.717, 1.165) is 36.1 Å². The summed E-state index contributed by atoms with van der Waals surface area (Å²) in [6.07, 6.45) is 4.62. The number of hydrogen-bond donors (Lipinski definition) is 1. The van der Waals surface area contributed by atoms with Gasteiger partial charge in [0.15, 0.2) is 0 Å². The van der Waals surface area contributed by atoms with Gasteiger partial charge < -0.3 is 14.7 Å². The largest absolute Gasteiger partial charge is 0.393 e. The highest BCUT2D eigenvalue weighted by atomic mass is 79.9. The van der Waals surface area contributed by atoms with E-state index in [9.17, 15) is 5.11 Å². The molecule has 3 rings (SSSR count). The van der Waals surface area contributed by atoms with Gasteiger partial charge in [0.2, 0.25) is 0 Å². The van der Waals surface area contributed by atoms with Crippen LogP contribution in [0.25, 0.3) is 0 Å². The number of aliphatic hydroxyl groups is 1. The van der Waals surface area contributed by atoms with E-state index >= 15 is 0 Å². The lowest BCUT2D eigenvalue weighted by molar-refractivity contribution is -0.0438. The molecule has 0 bridgehead atoms. The monoisotopic (exact) mass is 326 g/mol. The van der Waals surface area contributed by atoms with Gasteiger partial charge in [0, 0.05) is 35.8 Å². The van der Waals surface area contributed by atoms with Crippen molar-refractivity contribution in [2.75, 3.05) is 24.7 Å². The van der Waals surface area contributed by atoms with E-state index in [4.69, 9.17) is 4.74 Å². The zero-order valence-corrected chi connectivity index (χ0v) is 12.4. The number of rotatable bonds is 2. The Hall–Kier alpha value is -0.650. The molecule has 2 aliphatic heterocycles. The third-order valence-corrected chi connectivity index (χ3v) is 4.63. The normalized spacial score (nSPS) is 31.7. The maximum atomic E-state index is 10.2. The van der Waals surface area contributed by atoms with Crippen molar-refractivity contribution in [1.82, 2.24) is 4.98 Å². The highest BCUT2D eigenvalue weighted by Crippen LogP contribution is 2.32. The predicted molar refractivity (Wildman–Crippen MR) is 77.2 cm³/mol. The third-order valence-electron chi connectivity index (χ3n) is 4.16. The van der Waals surface area contributed by atoms with E-state index in [2.05, 4.69) is 25.8 Å². The lowest BCUT2D eigenvalue weighted by Gasteiger charge is -2.37. The Morgan fingerprint density at radius 3 is 3.00 bits per heavy atom. The van der Waals surface area contributed by atoms with Crippen LogP contribution in [-0.2, 0) is 4.74 Å². The summed E-state index contributed by atoms with van der Waals surface area (Å²) in [5.74, 6) is 1.21. The highest BCUT2D eigenvalue weighted by molar-refractivity contribution is 9.10. The van der Waals surface area contributed by atoms with Gasteiger partial charge in [-0.05, 0) is 47.3 Å². The summed E-state index contributed by atoms with van der Waals surface area (Å²) < 4.78 is 6.55. The van der Waals surface area contributed by atoms with Crippen LogP contribution in [0.1, 0.15) is 19.3 Å². The number of nitrogens with zero attached hydrogens (tertiary/aromatic N) is 2. The van der Waals surface area contributed by atoms with E-state index in [1.54, 1.807) is 0 Å². The zero-order valence-electron chi connectivity index (χ0n) is 10.8. The average molecular weight is 327 g/mol. The molecule has 4 nitrogen and oxygen atoms in total. The maximum Gasteiger partial charge on any atom is 0.128 e. The first-order chi connectivity index (χ1) is 9.25. The van der Waals surface area contributed by atoms with E-state index in [-0.39, 0.29) is 12.0 Å². The summed E-state index contributed by atoms with van der Waals surface area (Å²) in [4.78, 5) is 6.82. The molecule has 0 amide bonds. The zero-order chi connectivity index (χ0) is 13.2. The van der Waals surface area contributed by atoms with Gasteiger partial charge in [0.05, 0.1) is 12.7 Å². The molecule has 19 heavy (non-hydrogen) atoms. The van der Waals surface area contributed by atoms with Gasteiger partial charge in [0.25, 0.3) is 0 Å². The standard InChI is InChI=1S/C14H19BrN2O2/c15-10-3-4-14(16-8-10)17-6-1-2-12(17)11-9-19-7-5-13(11)18/h3-4,8,11-13,18H,1-2,5-7,9H2/t11-,12-,13-/m1/s1. The van der Waals surface area contributed by atoms with Crippen LogP contribution >= 0.6 is 15.9 Å². The molecule has 1 aromatic rings. The number of aliphatic hydroxyl groups excluding tert-OH is 1. The van der Waals surface area contributed by atoms with Crippen LogP contribution in [0.3, 0.4) is 0 Å². The second kappa shape index (κ2) is 5.77. The van der Waals surface area contributed by atoms with Crippen LogP contribution in [0.4, 0.5) is 5.82 Å². The second-order valence-electron chi connectivity index (χ2n) is 5.33. The molecule has 104 valence electrons. The molecule has 2 saturated heterocycles. The number of aromatic nitrogens is 1. The van der Waals surface area contributed by atoms with Crippen LogP contribution in [0, 0.1) is 5.92 Å². The number of hydrogen-bond acceptors (Lipinski definition) is 4. The van der Waals surface area contributed by atoms with E-state index < -0.39 is 0 Å². The van der Waals surface area contributed by atoms with Crippen molar-refractivity contribution in [2.45, 2.75) is 31.4 Å². The molecule has 0 unspecified atom stereocenters. The van der Waals surface area contributed by atoms with Crippen molar-refractivity contribution in [1.29, 1.82) is 0 Å². The molecule has 0 aliphatic carbocycles. The van der Waals surface area contributed by atoms with Gasteiger partial charge >= 0.3 is 0 Å². The van der Waals surface area contributed by atoms with Crippen molar-refractivity contribution in [3.63, 3.8) is 0 Å². The summed E-state index contributed by atoms with van der Waals surface area (Å²) in [5, 5.41) is 10.2. The minimum atomic E-state index is -0.241. The Kier molecular flexibility index (Phi) is 4.05. The van der Waals surface area contributed by atoms with Crippen molar-refractivity contribution in [3.8, 4) is 0 Å². The molecule has 0 aromatic carbocycles. The molecule has 1 aromatic heterocycles. The SMILES string of the molecule is O[C@@H]1CCOC[C@@H]1[C@H]1CCCN1c1ccc(Br)cn1. The molecule has 2 fully saturated rings. The Labute approximate surface area is 121 Å². The first-order valence-corrected chi connectivity index (χ1v) is 7.69. The third kappa shape index (κ3) is 2.78. The van der Waals surface area contributed by atoms with Crippen molar-refractivity contribution in [3.05, 3.63) is 22.8 Å². The van der Waals surface area contributed by atoms with Crippen molar-refractivity contribution in [2.24, 2.45) is 5.92 Å². The van der Waals surface area contributed by atoms with Crippen LogP contribution < -0.4 is 4.90 Å². The van der Waals surface area contributed by atoms with Crippen LogP contribution in [0.2, 0.25) is 0 Å². The fraction of sp³-hybridized carbons (Fsp3) is 0.643. The number of ether oxygens (including phenoxy) is 1. The lowest BCUT2D eigenvalue weighted by atomic mass is 9.89. The minimum Gasteiger partial charge on any atom is -0.393 e. The van der Waals surface area contributed by atoms with E-state index in [1.807, 2.05) is 18.3 Å². The van der Waals surface area contributed by atoms with E-state index in [1.165, 1.54) is 0 Å².